The maximum Gasteiger partial charge on any atom is 0.251 e. The quantitative estimate of drug-likeness (QED) is 0.452. The average molecular weight is 562 g/mol. The highest BCUT2D eigenvalue weighted by atomic mass is 16.5. The van der Waals surface area contributed by atoms with E-state index in [2.05, 4.69) is 15.5 Å². The minimum absolute atomic E-state index is 0.111. The van der Waals surface area contributed by atoms with Crippen LogP contribution in [0.25, 0.3) is 0 Å². The van der Waals surface area contributed by atoms with E-state index in [1.54, 1.807) is 13.2 Å². The molecule has 220 valence electrons. The largest absolute Gasteiger partial charge is 0.497 e. The molecule has 5 rings (SSSR count). The molecule has 41 heavy (non-hydrogen) atoms. The SMILES string of the molecule is COc1ccc(CC(=O)Nc2cc(C(=O)NC3CCC(N)CC3)ccc2N2CCCN(C(=O)C3CCC3)CC2)cc1. The van der Waals surface area contributed by atoms with Crippen molar-refractivity contribution in [1.29, 1.82) is 0 Å². The van der Waals surface area contributed by atoms with E-state index >= 15 is 0 Å². The summed E-state index contributed by atoms with van der Waals surface area (Å²) in [6, 6.07) is 13.3. The Morgan fingerprint density at radius 3 is 2.34 bits per heavy atom. The van der Waals surface area contributed by atoms with Gasteiger partial charge in [-0.15, -0.1) is 0 Å². The number of carbonyl (C=O) groups excluding carboxylic acids is 3. The molecule has 2 aliphatic carbocycles. The van der Waals surface area contributed by atoms with E-state index in [-0.39, 0.29) is 42.1 Å². The van der Waals surface area contributed by atoms with Crippen LogP contribution in [0.4, 0.5) is 11.4 Å². The van der Waals surface area contributed by atoms with Crippen LogP contribution >= 0.6 is 0 Å². The zero-order valence-corrected chi connectivity index (χ0v) is 24.1. The number of nitrogens with one attached hydrogen (secondary N) is 2. The van der Waals surface area contributed by atoms with Crippen molar-refractivity contribution in [3.8, 4) is 5.75 Å². The normalized spacial score (nSPS) is 21.4. The molecular weight excluding hydrogens is 518 g/mol. The summed E-state index contributed by atoms with van der Waals surface area (Å²) in [7, 11) is 1.61. The van der Waals surface area contributed by atoms with Crippen LogP contribution in [0.5, 0.6) is 5.75 Å². The molecule has 2 aromatic carbocycles. The van der Waals surface area contributed by atoms with Gasteiger partial charge in [0.1, 0.15) is 5.75 Å². The van der Waals surface area contributed by atoms with Gasteiger partial charge >= 0.3 is 0 Å². The Morgan fingerprint density at radius 1 is 0.902 bits per heavy atom. The molecule has 1 aliphatic heterocycles. The number of carbonyl (C=O) groups is 3. The van der Waals surface area contributed by atoms with Crippen molar-refractivity contribution in [2.75, 3.05) is 43.5 Å². The first-order valence-electron chi connectivity index (χ1n) is 15.1. The Labute approximate surface area is 242 Å². The fourth-order valence-corrected chi connectivity index (χ4v) is 6.00. The van der Waals surface area contributed by atoms with Gasteiger partial charge in [-0.25, -0.2) is 0 Å². The maximum atomic E-state index is 13.2. The van der Waals surface area contributed by atoms with Crippen LogP contribution in [-0.2, 0) is 16.0 Å². The Kier molecular flexibility index (Phi) is 9.44. The van der Waals surface area contributed by atoms with Gasteiger partial charge in [0, 0.05) is 49.7 Å². The predicted molar refractivity (Wildman–Crippen MR) is 160 cm³/mol. The molecule has 9 nitrogen and oxygen atoms in total. The molecule has 3 aliphatic rings. The fourth-order valence-electron chi connectivity index (χ4n) is 6.00. The molecule has 9 heteroatoms. The van der Waals surface area contributed by atoms with E-state index in [4.69, 9.17) is 10.5 Å². The highest BCUT2D eigenvalue weighted by Crippen LogP contribution is 2.31. The molecule has 3 fully saturated rings. The second kappa shape index (κ2) is 13.4. The van der Waals surface area contributed by atoms with Gasteiger partial charge in [0.25, 0.3) is 5.91 Å². The Morgan fingerprint density at radius 2 is 1.66 bits per heavy atom. The smallest absolute Gasteiger partial charge is 0.251 e. The van der Waals surface area contributed by atoms with Crippen molar-refractivity contribution in [1.82, 2.24) is 10.2 Å². The van der Waals surface area contributed by atoms with Crippen molar-refractivity contribution in [2.24, 2.45) is 11.7 Å². The number of nitrogens with zero attached hydrogens (tertiary/aromatic N) is 2. The summed E-state index contributed by atoms with van der Waals surface area (Å²) in [6.07, 6.45) is 7.76. The monoisotopic (exact) mass is 561 g/mol. The Balaban J connectivity index is 1.32. The van der Waals surface area contributed by atoms with Gasteiger partial charge in [-0.3, -0.25) is 14.4 Å². The highest BCUT2D eigenvalue weighted by Gasteiger charge is 2.31. The number of benzene rings is 2. The Hall–Kier alpha value is -3.59. The number of rotatable bonds is 8. The molecule has 1 heterocycles. The predicted octanol–water partition coefficient (Wildman–Crippen LogP) is 3.71. The standard InChI is InChI=1S/C32H43N5O4/c1-41-27-13-6-22(7-14-27)20-30(38)35-28-21-24(31(39)34-26-11-9-25(33)10-12-26)8-15-29(28)36-16-3-17-37(19-18-36)32(40)23-4-2-5-23/h6-8,13-15,21,23,25-26H,2-5,9-12,16-20,33H2,1H3,(H,34,39)(H,35,38). The van der Waals surface area contributed by atoms with Crippen molar-refractivity contribution < 1.29 is 19.1 Å². The molecule has 2 saturated carbocycles. The summed E-state index contributed by atoms with van der Waals surface area (Å²) >= 11 is 0. The van der Waals surface area contributed by atoms with E-state index in [1.165, 1.54) is 0 Å². The van der Waals surface area contributed by atoms with Crippen LogP contribution in [0.1, 0.15) is 67.3 Å². The lowest BCUT2D eigenvalue weighted by Gasteiger charge is -2.31. The summed E-state index contributed by atoms with van der Waals surface area (Å²) < 4.78 is 5.23. The van der Waals surface area contributed by atoms with Crippen LogP contribution in [0, 0.1) is 5.92 Å². The van der Waals surface area contributed by atoms with E-state index in [1.807, 2.05) is 41.3 Å². The Bertz CT molecular complexity index is 1220. The first-order chi connectivity index (χ1) is 19.9. The molecule has 4 N–H and O–H groups in total. The van der Waals surface area contributed by atoms with Crippen LogP contribution in [0.15, 0.2) is 42.5 Å². The number of anilines is 2. The third kappa shape index (κ3) is 7.38. The van der Waals surface area contributed by atoms with Crippen molar-refractivity contribution in [3.05, 3.63) is 53.6 Å². The summed E-state index contributed by atoms with van der Waals surface area (Å²) in [4.78, 5) is 43.5. The van der Waals surface area contributed by atoms with Gasteiger partial charge in [-0.2, -0.15) is 0 Å². The van der Waals surface area contributed by atoms with Gasteiger partial charge in [0.15, 0.2) is 0 Å². The van der Waals surface area contributed by atoms with Gasteiger partial charge in [-0.05, 0) is 80.8 Å². The van der Waals surface area contributed by atoms with E-state index < -0.39 is 0 Å². The maximum absolute atomic E-state index is 13.2. The fraction of sp³-hybridized carbons (Fsp3) is 0.531. The van der Waals surface area contributed by atoms with E-state index in [0.29, 0.717) is 24.3 Å². The summed E-state index contributed by atoms with van der Waals surface area (Å²) in [6.45, 7) is 2.84. The van der Waals surface area contributed by atoms with Crippen LogP contribution < -0.4 is 26.0 Å². The average Bonchev–Trinajstić information content (AvgIpc) is 3.20. The zero-order chi connectivity index (χ0) is 28.8. The number of amides is 3. The number of hydrogen-bond acceptors (Lipinski definition) is 6. The van der Waals surface area contributed by atoms with Gasteiger partial charge in [0.05, 0.1) is 24.9 Å². The first-order valence-corrected chi connectivity index (χ1v) is 15.1. The van der Waals surface area contributed by atoms with E-state index in [0.717, 1.165) is 81.5 Å². The van der Waals surface area contributed by atoms with Crippen molar-refractivity contribution in [3.63, 3.8) is 0 Å². The van der Waals surface area contributed by atoms with Crippen LogP contribution in [0.2, 0.25) is 0 Å². The number of hydrogen-bond donors (Lipinski definition) is 3. The lowest BCUT2D eigenvalue weighted by atomic mass is 9.84. The molecule has 0 atom stereocenters. The van der Waals surface area contributed by atoms with Crippen molar-refractivity contribution >= 4 is 29.1 Å². The van der Waals surface area contributed by atoms with Crippen LogP contribution in [-0.4, -0.2) is 68.0 Å². The number of methoxy groups -OCH3 is 1. The minimum Gasteiger partial charge on any atom is -0.497 e. The molecule has 0 bridgehead atoms. The lowest BCUT2D eigenvalue weighted by Crippen LogP contribution is -2.41. The number of ether oxygens (including phenoxy) is 1. The molecule has 0 radical (unpaired) electrons. The number of nitrogens with two attached hydrogens (primary N) is 1. The topological polar surface area (TPSA) is 117 Å². The summed E-state index contributed by atoms with van der Waals surface area (Å²) in [5, 5.41) is 6.25. The second-order valence-corrected chi connectivity index (χ2v) is 11.7. The highest BCUT2D eigenvalue weighted by molar-refractivity contribution is 6.00. The first kappa shape index (κ1) is 28.9. The molecule has 0 unspecified atom stereocenters. The van der Waals surface area contributed by atoms with Crippen molar-refractivity contribution in [2.45, 2.75) is 69.9 Å². The van der Waals surface area contributed by atoms with Gasteiger partial charge in [0.2, 0.25) is 11.8 Å². The molecule has 2 aromatic rings. The lowest BCUT2D eigenvalue weighted by molar-refractivity contribution is -0.137. The summed E-state index contributed by atoms with van der Waals surface area (Å²) in [5.74, 6) is 0.901. The third-order valence-corrected chi connectivity index (χ3v) is 8.77. The zero-order valence-electron chi connectivity index (χ0n) is 24.1. The molecule has 1 saturated heterocycles. The minimum atomic E-state index is -0.160. The third-order valence-electron chi connectivity index (χ3n) is 8.77. The van der Waals surface area contributed by atoms with E-state index in [9.17, 15) is 14.4 Å². The van der Waals surface area contributed by atoms with Crippen LogP contribution in [0.3, 0.4) is 0 Å². The molecular formula is C32H43N5O4. The van der Waals surface area contributed by atoms with Gasteiger partial charge in [-0.1, -0.05) is 18.6 Å². The summed E-state index contributed by atoms with van der Waals surface area (Å²) in [5.41, 5.74) is 8.90. The molecule has 3 amide bonds. The second-order valence-electron chi connectivity index (χ2n) is 11.7. The van der Waals surface area contributed by atoms with Gasteiger partial charge < -0.3 is 30.9 Å². The molecule has 0 spiro atoms. The molecule has 0 aromatic heterocycles.